The number of carbonyl (C=O) groups excluding carboxylic acids is 1. The van der Waals surface area contributed by atoms with E-state index in [1.807, 2.05) is 30.7 Å². The highest BCUT2D eigenvalue weighted by Crippen LogP contribution is 2.36. The largest absolute Gasteiger partial charge is 0.375 e. The van der Waals surface area contributed by atoms with Crippen LogP contribution in [-0.4, -0.2) is 83.9 Å². The van der Waals surface area contributed by atoms with Gasteiger partial charge in [0.25, 0.3) is 17.9 Å². The van der Waals surface area contributed by atoms with Gasteiger partial charge < -0.3 is 29.3 Å². The average molecular weight is 586 g/mol. The number of pyridine rings is 1. The van der Waals surface area contributed by atoms with E-state index in [4.69, 9.17) is 4.74 Å². The molecule has 2 saturated heterocycles. The highest BCUT2D eigenvalue weighted by Gasteiger charge is 2.27. The molecule has 3 aromatic rings. The highest BCUT2D eigenvalue weighted by atomic mass is 19.3. The molecule has 5 rings (SSSR count). The quantitative estimate of drug-likeness (QED) is 0.470. The number of halogens is 3. The number of ether oxygens (including phenoxy) is 1. The Balaban J connectivity index is 1.53. The van der Waals surface area contributed by atoms with Gasteiger partial charge in [-0.2, -0.15) is 0 Å². The Hall–Kier alpha value is -3.97. The standard InChI is InChI=1S/C29H34F3N7O3/c1-17-14-38(6-5-36(17)3)25-11-23(30)20(19-12-33-29(34-13-19)39-7-8-42-18(2)15-39)9-24(25)35-28(41)22-16-37(4)26(40)10-21(22)27(31)32/h9-13,16-18,27H,5-8,14-15H2,1-4H3,(H,35,41)/t17-,18+/m0/s1. The predicted molar refractivity (Wildman–Crippen MR) is 154 cm³/mol. The Labute approximate surface area is 241 Å². The van der Waals surface area contributed by atoms with Crippen molar-refractivity contribution in [3.05, 3.63) is 64.1 Å². The Kier molecular flexibility index (Phi) is 8.50. The van der Waals surface area contributed by atoms with Gasteiger partial charge in [0.15, 0.2) is 0 Å². The molecule has 2 aliphatic heterocycles. The van der Waals surface area contributed by atoms with Crippen LogP contribution in [0.4, 0.5) is 30.5 Å². The van der Waals surface area contributed by atoms with Crippen LogP contribution in [-0.2, 0) is 11.8 Å². The van der Waals surface area contributed by atoms with Gasteiger partial charge >= 0.3 is 0 Å². The van der Waals surface area contributed by atoms with E-state index in [2.05, 4.69) is 20.2 Å². The van der Waals surface area contributed by atoms with Gasteiger partial charge in [0.05, 0.1) is 29.6 Å². The van der Waals surface area contributed by atoms with Crippen LogP contribution in [0.1, 0.15) is 36.2 Å². The normalized spacial score (nSPS) is 19.8. The van der Waals surface area contributed by atoms with Crippen LogP contribution in [0, 0.1) is 5.82 Å². The van der Waals surface area contributed by atoms with Crippen molar-refractivity contribution in [2.75, 3.05) is 61.5 Å². The summed E-state index contributed by atoms with van der Waals surface area (Å²) in [7, 11) is 3.38. The van der Waals surface area contributed by atoms with Crippen molar-refractivity contribution < 1.29 is 22.7 Å². The Morgan fingerprint density at radius 3 is 2.45 bits per heavy atom. The second-order valence-corrected chi connectivity index (χ2v) is 10.9. The predicted octanol–water partition coefficient (Wildman–Crippen LogP) is 3.54. The Morgan fingerprint density at radius 1 is 1.05 bits per heavy atom. The summed E-state index contributed by atoms with van der Waals surface area (Å²) in [5.74, 6) is -0.878. The number of nitrogens with one attached hydrogen (secondary N) is 1. The number of rotatable bonds is 6. The number of morpholine rings is 1. The first-order valence-corrected chi connectivity index (χ1v) is 13.8. The van der Waals surface area contributed by atoms with E-state index in [-0.39, 0.29) is 29.0 Å². The first kappa shape index (κ1) is 29.5. The Morgan fingerprint density at radius 2 is 1.79 bits per heavy atom. The highest BCUT2D eigenvalue weighted by molar-refractivity contribution is 6.07. The molecule has 13 heteroatoms. The van der Waals surface area contributed by atoms with Gasteiger partial charge in [-0.15, -0.1) is 0 Å². The number of hydrogen-bond donors (Lipinski definition) is 1. The zero-order valence-corrected chi connectivity index (χ0v) is 24.0. The summed E-state index contributed by atoms with van der Waals surface area (Å²) in [6, 6.07) is 3.73. The van der Waals surface area contributed by atoms with Gasteiger partial charge in [0.2, 0.25) is 5.95 Å². The van der Waals surface area contributed by atoms with Gasteiger partial charge in [-0.05, 0) is 33.0 Å². The summed E-state index contributed by atoms with van der Waals surface area (Å²) in [4.78, 5) is 40.4. The van der Waals surface area contributed by atoms with Crippen LogP contribution in [0.25, 0.3) is 11.1 Å². The van der Waals surface area contributed by atoms with Crippen molar-refractivity contribution in [1.29, 1.82) is 0 Å². The van der Waals surface area contributed by atoms with Crippen LogP contribution < -0.4 is 20.7 Å². The average Bonchev–Trinajstić information content (AvgIpc) is 2.96. The lowest BCUT2D eigenvalue weighted by atomic mass is 10.0. The maximum atomic E-state index is 15.7. The maximum Gasteiger partial charge on any atom is 0.264 e. The molecule has 2 aromatic heterocycles. The zero-order valence-electron chi connectivity index (χ0n) is 24.0. The number of nitrogens with zero attached hydrogens (tertiary/aromatic N) is 6. The van der Waals surface area contributed by atoms with Gasteiger partial charge in [0.1, 0.15) is 5.82 Å². The molecule has 2 aliphatic rings. The van der Waals surface area contributed by atoms with Crippen molar-refractivity contribution >= 4 is 23.2 Å². The summed E-state index contributed by atoms with van der Waals surface area (Å²) in [6.07, 6.45) is 1.12. The molecule has 10 nitrogen and oxygen atoms in total. The summed E-state index contributed by atoms with van der Waals surface area (Å²) in [6.45, 7) is 7.68. The van der Waals surface area contributed by atoms with Crippen molar-refractivity contribution in [3.8, 4) is 11.1 Å². The van der Waals surface area contributed by atoms with Crippen LogP contribution in [0.2, 0.25) is 0 Å². The second kappa shape index (κ2) is 12.1. The fraction of sp³-hybridized carbons (Fsp3) is 0.448. The lowest BCUT2D eigenvalue weighted by Gasteiger charge is -2.39. The molecule has 1 amide bonds. The van der Waals surface area contributed by atoms with E-state index in [1.165, 1.54) is 31.6 Å². The fourth-order valence-corrected chi connectivity index (χ4v) is 5.24. The summed E-state index contributed by atoms with van der Waals surface area (Å²) in [5.41, 5.74) is -0.472. The minimum Gasteiger partial charge on any atom is -0.375 e. The molecule has 1 N–H and O–H groups in total. The number of benzene rings is 1. The molecular weight excluding hydrogens is 551 g/mol. The van der Waals surface area contributed by atoms with E-state index >= 15 is 4.39 Å². The van der Waals surface area contributed by atoms with E-state index < -0.39 is 29.3 Å². The number of alkyl halides is 2. The number of hydrogen-bond acceptors (Lipinski definition) is 8. The van der Waals surface area contributed by atoms with E-state index in [9.17, 15) is 18.4 Å². The maximum absolute atomic E-state index is 15.7. The van der Waals surface area contributed by atoms with Crippen LogP contribution >= 0.6 is 0 Å². The Bertz CT molecular complexity index is 1520. The van der Waals surface area contributed by atoms with Crippen LogP contribution in [0.3, 0.4) is 0 Å². The van der Waals surface area contributed by atoms with Crippen molar-refractivity contribution in [1.82, 2.24) is 19.4 Å². The monoisotopic (exact) mass is 585 g/mol. The van der Waals surface area contributed by atoms with Gasteiger partial charge in [-0.3, -0.25) is 9.59 Å². The molecule has 0 radical (unpaired) electrons. The van der Waals surface area contributed by atoms with Gasteiger partial charge in [-0.25, -0.2) is 23.1 Å². The molecular formula is C29H34F3N7O3. The lowest BCUT2D eigenvalue weighted by Crippen LogP contribution is -2.50. The molecule has 224 valence electrons. The summed E-state index contributed by atoms with van der Waals surface area (Å²) in [5, 5.41) is 2.72. The van der Waals surface area contributed by atoms with Gasteiger partial charge in [-0.1, -0.05) is 0 Å². The number of amides is 1. The van der Waals surface area contributed by atoms with E-state index in [0.717, 1.165) is 16.8 Å². The first-order chi connectivity index (χ1) is 20.0. The molecule has 0 aliphatic carbocycles. The molecule has 0 bridgehead atoms. The van der Waals surface area contributed by atoms with Crippen molar-refractivity contribution in [2.24, 2.45) is 7.05 Å². The molecule has 0 saturated carbocycles. The van der Waals surface area contributed by atoms with Crippen molar-refractivity contribution in [3.63, 3.8) is 0 Å². The molecule has 4 heterocycles. The summed E-state index contributed by atoms with van der Waals surface area (Å²) < 4.78 is 49.9. The second-order valence-electron chi connectivity index (χ2n) is 10.9. The molecule has 0 unspecified atom stereocenters. The third-order valence-corrected chi connectivity index (χ3v) is 7.85. The molecule has 2 fully saturated rings. The van der Waals surface area contributed by atoms with Crippen molar-refractivity contribution in [2.45, 2.75) is 32.4 Å². The number of aromatic nitrogens is 3. The number of anilines is 3. The van der Waals surface area contributed by atoms with Gasteiger partial charge in [0, 0.05) is 87.2 Å². The minimum atomic E-state index is -3.04. The first-order valence-electron chi connectivity index (χ1n) is 13.8. The SMILES string of the molecule is C[C@@H]1CN(c2ncc(-c3cc(NC(=O)c4cn(C)c(=O)cc4C(F)F)c(N4CCN(C)[C@@H](C)C4)cc3F)cn2)CCO1. The zero-order chi connectivity index (χ0) is 30.1. The third kappa shape index (κ3) is 6.12. The molecule has 1 aromatic carbocycles. The van der Waals surface area contributed by atoms with Crippen LogP contribution in [0.5, 0.6) is 0 Å². The number of carbonyl (C=O) groups is 1. The third-order valence-electron chi connectivity index (χ3n) is 7.85. The summed E-state index contributed by atoms with van der Waals surface area (Å²) >= 11 is 0. The lowest BCUT2D eigenvalue weighted by molar-refractivity contribution is 0.0526. The number of piperazine rings is 1. The molecule has 2 atom stereocenters. The smallest absolute Gasteiger partial charge is 0.264 e. The molecule has 42 heavy (non-hydrogen) atoms. The van der Waals surface area contributed by atoms with E-state index in [0.29, 0.717) is 56.5 Å². The number of likely N-dealkylation sites (N-methyl/N-ethyl adjacent to an activating group) is 1. The topological polar surface area (TPSA) is 95.8 Å². The van der Waals surface area contributed by atoms with E-state index in [1.54, 1.807) is 0 Å². The fourth-order valence-electron chi connectivity index (χ4n) is 5.24. The number of aryl methyl sites for hydroxylation is 1. The minimum absolute atomic E-state index is 0.0353. The molecule has 0 spiro atoms. The van der Waals surface area contributed by atoms with Crippen LogP contribution in [0.15, 0.2) is 41.6 Å².